The summed E-state index contributed by atoms with van der Waals surface area (Å²) < 4.78 is 0. The predicted molar refractivity (Wildman–Crippen MR) is 61.7 cm³/mol. The van der Waals surface area contributed by atoms with Crippen molar-refractivity contribution in [3.05, 3.63) is 0 Å². The van der Waals surface area contributed by atoms with Gasteiger partial charge in [0.15, 0.2) is 0 Å². The Hall–Kier alpha value is -0.250. The van der Waals surface area contributed by atoms with Crippen molar-refractivity contribution < 1.29 is 4.79 Å². The monoisotopic (exact) mass is 262 g/mol. The molecule has 0 aromatic heterocycles. The molecular weight excluding hydrogens is 244 g/mol. The molecule has 1 aliphatic heterocycles. The lowest BCUT2D eigenvalue weighted by Crippen LogP contribution is -2.35. The number of amides is 2. The topological polar surface area (TPSA) is 23.6 Å². The number of hydrogen-bond acceptors (Lipinski definition) is 1. The lowest BCUT2D eigenvalue weighted by Gasteiger charge is -2.24. The highest BCUT2D eigenvalue weighted by Crippen LogP contribution is 2.17. The lowest BCUT2D eigenvalue weighted by molar-refractivity contribution is 0.188. The van der Waals surface area contributed by atoms with E-state index in [0.29, 0.717) is 11.8 Å². The second kappa shape index (κ2) is 5.01. The summed E-state index contributed by atoms with van der Waals surface area (Å²) in [6, 6.07) is 0.177. The van der Waals surface area contributed by atoms with Gasteiger partial charge in [-0.15, -0.1) is 0 Å². The molecule has 0 spiro atoms. The number of alkyl halides is 1. The van der Waals surface area contributed by atoms with Crippen LogP contribution in [0.2, 0.25) is 0 Å². The summed E-state index contributed by atoms with van der Waals surface area (Å²) in [5.74, 6) is 1.18. The fourth-order valence-electron chi connectivity index (χ4n) is 1.59. The van der Waals surface area contributed by atoms with E-state index in [1.165, 1.54) is 0 Å². The molecule has 2 amide bonds. The van der Waals surface area contributed by atoms with Gasteiger partial charge in [0.05, 0.1) is 0 Å². The quantitative estimate of drug-likeness (QED) is 0.712. The molecule has 1 unspecified atom stereocenters. The molecule has 1 aliphatic rings. The van der Waals surface area contributed by atoms with Gasteiger partial charge in [-0.1, -0.05) is 29.8 Å². The molecule has 1 fully saturated rings. The average molecular weight is 263 g/mol. The van der Waals surface area contributed by atoms with Crippen molar-refractivity contribution in [3.63, 3.8) is 0 Å². The first kappa shape index (κ1) is 11.8. The van der Waals surface area contributed by atoms with E-state index in [9.17, 15) is 4.79 Å². The molecule has 0 aromatic rings. The number of carbonyl (C=O) groups excluding carboxylic acids is 1. The average Bonchev–Trinajstić information content (AvgIpc) is 2.44. The van der Waals surface area contributed by atoms with Crippen molar-refractivity contribution in [1.82, 2.24) is 9.80 Å². The van der Waals surface area contributed by atoms with Crippen molar-refractivity contribution in [1.29, 1.82) is 0 Å². The molecule has 0 aromatic carbocycles. The van der Waals surface area contributed by atoms with Crippen molar-refractivity contribution >= 4 is 22.0 Å². The molecule has 0 N–H and O–H groups in total. The van der Waals surface area contributed by atoms with Crippen molar-refractivity contribution in [2.24, 2.45) is 11.8 Å². The summed E-state index contributed by atoms with van der Waals surface area (Å²) in [6.45, 7) is 7.04. The molecule has 0 radical (unpaired) electrons. The third kappa shape index (κ3) is 2.62. The Morgan fingerprint density at radius 1 is 1.43 bits per heavy atom. The Morgan fingerprint density at radius 2 is 2.07 bits per heavy atom. The predicted octanol–water partition coefficient (Wildman–Crippen LogP) is 2.02. The van der Waals surface area contributed by atoms with E-state index in [0.717, 1.165) is 25.0 Å². The zero-order valence-electron chi connectivity index (χ0n) is 9.16. The minimum Gasteiger partial charge on any atom is -0.326 e. The molecule has 1 saturated heterocycles. The summed E-state index contributed by atoms with van der Waals surface area (Å²) in [5.41, 5.74) is 0. The third-order valence-corrected chi connectivity index (χ3v) is 3.73. The molecule has 82 valence electrons. The number of halogens is 1. The van der Waals surface area contributed by atoms with Gasteiger partial charge in [-0.25, -0.2) is 4.79 Å². The van der Waals surface area contributed by atoms with Crippen LogP contribution in [0.15, 0.2) is 0 Å². The third-order valence-electron chi connectivity index (χ3n) is 2.90. The fraction of sp³-hybridized carbons (Fsp3) is 0.900. The van der Waals surface area contributed by atoms with Crippen LogP contribution in [0, 0.1) is 11.8 Å². The Bertz CT molecular complexity index is 208. The lowest BCUT2D eigenvalue weighted by atomic mass is 9.98. The summed E-state index contributed by atoms with van der Waals surface area (Å²) in [4.78, 5) is 15.3. The van der Waals surface area contributed by atoms with Crippen LogP contribution in [0.5, 0.6) is 0 Å². The van der Waals surface area contributed by atoms with Crippen LogP contribution in [-0.2, 0) is 0 Å². The van der Waals surface area contributed by atoms with Gasteiger partial charge in [0.2, 0.25) is 0 Å². The largest absolute Gasteiger partial charge is 0.326 e. The number of nitrogens with zero attached hydrogens (tertiary/aromatic N) is 2. The Morgan fingerprint density at radius 3 is 2.43 bits per heavy atom. The molecule has 1 atom stereocenters. The van der Waals surface area contributed by atoms with E-state index in [4.69, 9.17) is 0 Å². The summed E-state index contributed by atoms with van der Waals surface area (Å²) >= 11 is 3.51. The highest BCUT2D eigenvalue weighted by atomic mass is 79.9. The first-order chi connectivity index (χ1) is 6.56. The van der Waals surface area contributed by atoms with Crippen molar-refractivity contribution in [2.45, 2.75) is 13.8 Å². The van der Waals surface area contributed by atoms with E-state index in [-0.39, 0.29) is 6.03 Å². The number of rotatable bonds is 4. The van der Waals surface area contributed by atoms with Gasteiger partial charge in [0.1, 0.15) is 0 Å². The maximum Gasteiger partial charge on any atom is 0.319 e. The van der Waals surface area contributed by atoms with Gasteiger partial charge >= 0.3 is 6.03 Å². The van der Waals surface area contributed by atoms with Crippen LogP contribution in [0.1, 0.15) is 13.8 Å². The Labute approximate surface area is 94.6 Å². The highest BCUT2D eigenvalue weighted by molar-refractivity contribution is 9.09. The normalized spacial score (nSPS) is 19.6. The van der Waals surface area contributed by atoms with E-state index >= 15 is 0 Å². The van der Waals surface area contributed by atoms with Crippen LogP contribution >= 0.6 is 15.9 Å². The molecule has 0 aliphatic carbocycles. The van der Waals surface area contributed by atoms with E-state index in [1.54, 1.807) is 4.90 Å². The Kier molecular flexibility index (Phi) is 4.23. The minimum absolute atomic E-state index is 0.177. The first-order valence-corrected chi connectivity index (χ1v) is 6.24. The molecule has 1 rings (SSSR count). The molecule has 0 bridgehead atoms. The first-order valence-electron chi connectivity index (χ1n) is 5.12. The van der Waals surface area contributed by atoms with Gasteiger partial charge in [-0.3, -0.25) is 0 Å². The smallest absolute Gasteiger partial charge is 0.319 e. The van der Waals surface area contributed by atoms with Crippen LogP contribution in [-0.4, -0.2) is 47.8 Å². The van der Waals surface area contributed by atoms with Crippen LogP contribution < -0.4 is 0 Å². The maximum absolute atomic E-state index is 11.6. The molecule has 0 saturated carbocycles. The van der Waals surface area contributed by atoms with Gasteiger partial charge in [-0.05, 0) is 11.8 Å². The molecule has 4 heteroatoms. The number of likely N-dealkylation sites (N-methyl/N-ethyl adjacent to an activating group) is 1. The summed E-state index contributed by atoms with van der Waals surface area (Å²) in [6.07, 6.45) is 0. The zero-order valence-corrected chi connectivity index (χ0v) is 10.7. The zero-order chi connectivity index (χ0) is 10.7. The SMILES string of the molecule is CC(C)C(CBr)CN1CCN(C)C1=O. The minimum atomic E-state index is 0.177. The van der Waals surface area contributed by atoms with Crippen LogP contribution in [0.3, 0.4) is 0 Å². The highest BCUT2D eigenvalue weighted by Gasteiger charge is 2.27. The van der Waals surface area contributed by atoms with Crippen LogP contribution in [0.4, 0.5) is 4.79 Å². The standard InChI is InChI=1S/C10H19BrN2O/c1-8(2)9(6-11)7-13-5-4-12(3)10(13)14/h8-9H,4-7H2,1-3H3. The Balaban J connectivity index is 2.47. The summed E-state index contributed by atoms with van der Waals surface area (Å²) in [5, 5.41) is 0.970. The van der Waals surface area contributed by atoms with Gasteiger partial charge in [0, 0.05) is 32.0 Å². The second-order valence-corrected chi connectivity index (χ2v) is 4.96. The van der Waals surface area contributed by atoms with E-state index < -0.39 is 0 Å². The van der Waals surface area contributed by atoms with E-state index in [1.807, 2.05) is 11.9 Å². The fourth-order valence-corrected chi connectivity index (χ4v) is 2.55. The van der Waals surface area contributed by atoms with Gasteiger partial charge in [-0.2, -0.15) is 0 Å². The molecule has 3 nitrogen and oxygen atoms in total. The second-order valence-electron chi connectivity index (χ2n) is 4.31. The number of hydrogen-bond donors (Lipinski definition) is 0. The van der Waals surface area contributed by atoms with Gasteiger partial charge in [0.25, 0.3) is 0 Å². The van der Waals surface area contributed by atoms with Gasteiger partial charge < -0.3 is 9.80 Å². The molecular formula is C10H19BrN2O. The van der Waals surface area contributed by atoms with Crippen LogP contribution in [0.25, 0.3) is 0 Å². The van der Waals surface area contributed by atoms with Crippen molar-refractivity contribution in [3.8, 4) is 0 Å². The van der Waals surface area contributed by atoms with E-state index in [2.05, 4.69) is 29.8 Å². The van der Waals surface area contributed by atoms with Crippen molar-refractivity contribution in [2.75, 3.05) is 32.0 Å². The number of urea groups is 1. The number of carbonyl (C=O) groups is 1. The molecule has 14 heavy (non-hydrogen) atoms. The molecule has 1 heterocycles. The summed E-state index contributed by atoms with van der Waals surface area (Å²) in [7, 11) is 1.86. The maximum atomic E-state index is 11.6.